The summed E-state index contributed by atoms with van der Waals surface area (Å²) in [4.78, 5) is 23.5. The van der Waals surface area contributed by atoms with Crippen LogP contribution in [-0.2, 0) is 4.74 Å². The topological polar surface area (TPSA) is 93.9 Å². The lowest BCUT2D eigenvalue weighted by molar-refractivity contribution is 0.192. The zero-order valence-electron chi connectivity index (χ0n) is 11.1. The van der Waals surface area contributed by atoms with Gasteiger partial charge in [0.1, 0.15) is 0 Å². The van der Waals surface area contributed by atoms with Crippen molar-refractivity contribution in [2.75, 3.05) is 13.2 Å². The molecular weight excluding hydrogens is 272 g/mol. The van der Waals surface area contributed by atoms with Crippen LogP contribution in [0.3, 0.4) is 0 Å². The summed E-state index contributed by atoms with van der Waals surface area (Å²) >= 11 is 0. The maximum atomic E-state index is 12.1. The Labute approximate surface area is 119 Å². The van der Waals surface area contributed by atoms with Crippen LogP contribution in [0.15, 0.2) is 33.6 Å². The molecule has 2 aromatic heterocycles. The van der Waals surface area contributed by atoms with Crippen LogP contribution < -0.4 is 5.56 Å². The molecule has 0 radical (unpaired) electrons. The molecule has 4 rings (SSSR count). The first-order valence-electron chi connectivity index (χ1n) is 6.72. The average molecular weight is 284 g/mol. The van der Waals surface area contributed by atoms with E-state index < -0.39 is 0 Å². The normalized spacial score (nSPS) is 18.4. The Bertz CT molecular complexity index is 849. The lowest BCUT2D eigenvalue weighted by atomic mass is 10.1. The Morgan fingerprint density at radius 2 is 2.14 bits per heavy atom. The number of hydrogen-bond donors (Lipinski definition) is 1. The second-order valence-corrected chi connectivity index (χ2v) is 4.95. The Hall–Kier alpha value is -2.54. The summed E-state index contributed by atoms with van der Waals surface area (Å²) in [6.45, 7) is 1.28. The van der Waals surface area contributed by atoms with E-state index in [1.54, 1.807) is 6.07 Å². The maximum Gasteiger partial charge on any atom is 0.282 e. The molecule has 106 valence electrons. The Morgan fingerprint density at radius 3 is 3.00 bits per heavy atom. The second kappa shape index (κ2) is 4.78. The molecule has 1 aliphatic rings. The van der Waals surface area contributed by atoms with E-state index in [2.05, 4.69) is 20.1 Å². The lowest BCUT2D eigenvalue weighted by Crippen LogP contribution is -2.11. The summed E-state index contributed by atoms with van der Waals surface area (Å²) in [5.41, 5.74) is 1.16. The van der Waals surface area contributed by atoms with E-state index in [1.807, 2.05) is 18.2 Å². The van der Waals surface area contributed by atoms with E-state index in [0.717, 1.165) is 6.42 Å². The monoisotopic (exact) mass is 284 g/mol. The number of para-hydroxylation sites is 2. The number of fused-ring (bicyclic) bond motifs is 1. The van der Waals surface area contributed by atoms with Crippen molar-refractivity contribution in [1.82, 2.24) is 20.1 Å². The smallest absolute Gasteiger partial charge is 0.282 e. The third kappa shape index (κ3) is 2.11. The minimum absolute atomic E-state index is 0.127. The molecule has 1 saturated heterocycles. The summed E-state index contributed by atoms with van der Waals surface area (Å²) in [6, 6.07) is 7.30. The third-order valence-electron chi connectivity index (χ3n) is 3.54. The molecule has 0 spiro atoms. The SMILES string of the molecule is O=c1[nH]c2ccccc2nc1-c1nc([C@@H]2CCOC2)no1. The number of nitrogens with one attached hydrogen (secondary N) is 1. The molecule has 0 aliphatic carbocycles. The van der Waals surface area contributed by atoms with Crippen LogP contribution in [0, 0.1) is 0 Å². The van der Waals surface area contributed by atoms with Crippen LogP contribution in [0.5, 0.6) is 0 Å². The standard InChI is InChI=1S/C14H12N4O3/c19-13-11(15-9-3-1-2-4-10(9)16-13)14-17-12(18-21-14)8-5-6-20-7-8/h1-4,8H,5-7H2,(H,16,19)/t8-/m1/s1. The van der Waals surface area contributed by atoms with Gasteiger partial charge in [-0.05, 0) is 18.6 Å². The number of ether oxygens (including phenoxy) is 1. The van der Waals surface area contributed by atoms with Crippen molar-refractivity contribution in [2.45, 2.75) is 12.3 Å². The van der Waals surface area contributed by atoms with Gasteiger partial charge in [0.15, 0.2) is 11.5 Å². The molecule has 0 amide bonds. The molecule has 1 aromatic carbocycles. The van der Waals surface area contributed by atoms with Crippen molar-refractivity contribution in [3.05, 3.63) is 40.4 Å². The predicted octanol–water partition coefficient (Wildman–Crippen LogP) is 1.48. The highest BCUT2D eigenvalue weighted by molar-refractivity contribution is 5.75. The summed E-state index contributed by atoms with van der Waals surface area (Å²) in [6.07, 6.45) is 0.862. The summed E-state index contributed by atoms with van der Waals surface area (Å²) in [5.74, 6) is 0.836. The molecule has 0 saturated carbocycles. The van der Waals surface area contributed by atoms with E-state index >= 15 is 0 Å². The van der Waals surface area contributed by atoms with Gasteiger partial charge in [0.05, 0.1) is 17.6 Å². The van der Waals surface area contributed by atoms with E-state index in [0.29, 0.717) is 30.1 Å². The van der Waals surface area contributed by atoms with Gasteiger partial charge in [0, 0.05) is 12.5 Å². The van der Waals surface area contributed by atoms with Crippen molar-refractivity contribution in [3.8, 4) is 11.6 Å². The first-order valence-corrected chi connectivity index (χ1v) is 6.72. The maximum absolute atomic E-state index is 12.1. The first kappa shape index (κ1) is 12.2. The van der Waals surface area contributed by atoms with Gasteiger partial charge in [-0.3, -0.25) is 4.79 Å². The Balaban J connectivity index is 1.79. The Kier molecular flexibility index (Phi) is 2.78. The predicted molar refractivity (Wildman–Crippen MR) is 73.8 cm³/mol. The number of H-pyrrole nitrogens is 1. The van der Waals surface area contributed by atoms with Crippen molar-refractivity contribution < 1.29 is 9.26 Å². The van der Waals surface area contributed by atoms with Crippen LogP contribution in [0.4, 0.5) is 0 Å². The molecule has 7 heteroatoms. The lowest BCUT2D eigenvalue weighted by Gasteiger charge is -1.99. The highest BCUT2D eigenvalue weighted by atomic mass is 16.5. The molecule has 3 aromatic rings. The highest BCUT2D eigenvalue weighted by Gasteiger charge is 2.24. The fourth-order valence-electron chi connectivity index (χ4n) is 2.41. The second-order valence-electron chi connectivity index (χ2n) is 4.95. The van der Waals surface area contributed by atoms with Gasteiger partial charge < -0.3 is 14.2 Å². The van der Waals surface area contributed by atoms with E-state index in [4.69, 9.17) is 9.26 Å². The molecule has 3 heterocycles. The molecule has 1 atom stereocenters. The minimum Gasteiger partial charge on any atom is -0.381 e. The quantitative estimate of drug-likeness (QED) is 0.766. The van der Waals surface area contributed by atoms with Crippen LogP contribution >= 0.6 is 0 Å². The molecule has 21 heavy (non-hydrogen) atoms. The summed E-state index contributed by atoms with van der Waals surface area (Å²) in [5, 5.41) is 3.94. The van der Waals surface area contributed by atoms with Gasteiger partial charge in [0.25, 0.3) is 11.4 Å². The van der Waals surface area contributed by atoms with Crippen LogP contribution in [0.2, 0.25) is 0 Å². The molecule has 7 nitrogen and oxygen atoms in total. The number of rotatable bonds is 2. The van der Waals surface area contributed by atoms with Crippen LogP contribution in [0.25, 0.3) is 22.6 Å². The fraction of sp³-hybridized carbons (Fsp3) is 0.286. The highest BCUT2D eigenvalue weighted by Crippen LogP contribution is 2.24. The Morgan fingerprint density at radius 1 is 1.24 bits per heavy atom. The van der Waals surface area contributed by atoms with Crippen LogP contribution in [0.1, 0.15) is 18.2 Å². The molecule has 0 unspecified atom stereocenters. The summed E-state index contributed by atoms with van der Waals surface area (Å²) < 4.78 is 10.5. The summed E-state index contributed by atoms with van der Waals surface area (Å²) in [7, 11) is 0. The molecule has 0 bridgehead atoms. The van der Waals surface area contributed by atoms with Gasteiger partial charge >= 0.3 is 0 Å². The largest absolute Gasteiger partial charge is 0.381 e. The number of hydrogen-bond acceptors (Lipinski definition) is 6. The number of benzene rings is 1. The van der Waals surface area contributed by atoms with Crippen molar-refractivity contribution >= 4 is 11.0 Å². The number of nitrogens with zero attached hydrogens (tertiary/aromatic N) is 3. The van der Waals surface area contributed by atoms with Gasteiger partial charge in [-0.25, -0.2) is 4.98 Å². The fourth-order valence-corrected chi connectivity index (χ4v) is 2.41. The van der Waals surface area contributed by atoms with E-state index in [1.165, 1.54) is 0 Å². The van der Waals surface area contributed by atoms with Gasteiger partial charge in [-0.2, -0.15) is 4.98 Å². The minimum atomic E-state index is -0.341. The number of aromatic amines is 1. The van der Waals surface area contributed by atoms with Gasteiger partial charge in [-0.15, -0.1) is 0 Å². The van der Waals surface area contributed by atoms with Crippen molar-refractivity contribution in [3.63, 3.8) is 0 Å². The zero-order chi connectivity index (χ0) is 14.2. The molecule has 1 N–H and O–H groups in total. The average Bonchev–Trinajstić information content (AvgIpc) is 3.17. The molecule has 1 fully saturated rings. The number of aromatic nitrogens is 4. The van der Waals surface area contributed by atoms with Gasteiger partial charge in [-0.1, -0.05) is 17.3 Å². The molecular formula is C14H12N4O3. The van der Waals surface area contributed by atoms with Gasteiger partial charge in [0.2, 0.25) is 0 Å². The van der Waals surface area contributed by atoms with Crippen LogP contribution in [-0.4, -0.2) is 33.3 Å². The van der Waals surface area contributed by atoms with E-state index in [9.17, 15) is 4.79 Å². The van der Waals surface area contributed by atoms with E-state index in [-0.39, 0.29) is 23.1 Å². The van der Waals surface area contributed by atoms with Crippen molar-refractivity contribution in [2.24, 2.45) is 0 Å². The van der Waals surface area contributed by atoms with Crippen molar-refractivity contribution in [1.29, 1.82) is 0 Å². The first-order chi connectivity index (χ1) is 10.3. The zero-order valence-corrected chi connectivity index (χ0v) is 11.1. The molecule has 1 aliphatic heterocycles. The third-order valence-corrected chi connectivity index (χ3v) is 3.54.